The average Bonchev–Trinajstić information content (AvgIpc) is 2.85. The summed E-state index contributed by atoms with van der Waals surface area (Å²) < 4.78 is 2.09. The molecule has 0 aliphatic heterocycles. The molecule has 2 aromatic rings. The molecule has 0 atom stereocenters. The first-order valence-corrected chi connectivity index (χ1v) is 7.46. The summed E-state index contributed by atoms with van der Waals surface area (Å²) >= 11 is 0. The number of fused-ring (bicyclic) bond motifs is 1. The highest BCUT2D eigenvalue weighted by Crippen LogP contribution is 2.40. The van der Waals surface area contributed by atoms with E-state index in [0.29, 0.717) is 6.54 Å². The van der Waals surface area contributed by atoms with Gasteiger partial charge >= 0.3 is 0 Å². The van der Waals surface area contributed by atoms with E-state index in [1.165, 1.54) is 12.8 Å². The van der Waals surface area contributed by atoms with Gasteiger partial charge in [0.2, 0.25) is 0 Å². The minimum Gasteiger partial charge on any atom is -0.329 e. The van der Waals surface area contributed by atoms with Crippen molar-refractivity contribution in [2.45, 2.75) is 51.9 Å². The summed E-state index contributed by atoms with van der Waals surface area (Å²) in [6, 6.07) is 1.99. The van der Waals surface area contributed by atoms with Gasteiger partial charge in [-0.25, -0.2) is 4.98 Å². The van der Waals surface area contributed by atoms with Crippen molar-refractivity contribution in [1.29, 1.82) is 0 Å². The molecule has 2 heterocycles. The topological polar surface area (TPSA) is 69.1 Å². The third kappa shape index (κ3) is 2.00. The van der Waals surface area contributed by atoms with E-state index in [2.05, 4.69) is 26.5 Å². The molecular formula is C15H23N5. The van der Waals surface area contributed by atoms with E-state index in [1.807, 2.05) is 19.9 Å². The van der Waals surface area contributed by atoms with Crippen molar-refractivity contribution < 1.29 is 0 Å². The Bertz CT molecular complexity index is 622. The van der Waals surface area contributed by atoms with Crippen molar-refractivity contribution in [3.63, 3.8) is 0 Å². The van der Waals surface area contributed by atoms with Crippen molar-refractivity contribution >= 4 is 5.65 Å². The normalized spacial score (nSPS) is 27.1. The number of nitrogens with zero attached hydrogens (tertiary/aromatic N) is 4. The minimum atomic E-state index is -0.0341. The molecule has 5 heteroatoms. The van der Waals surface area contributed by atoms with Crippen LogP contribution in [-0.2, 0) is 5.41 Å². The highest BCUT2D eigenvalue weighted by atomic mass is 15.3. The van der Waals surface area contributed by atoms with Gasteiger partial charge in [0.25, 0.3) is 0 Å². The molecule has 1 aliphatic rings. The molecule has 0 unspecified atom stereocenters. The van der Waals surface area contributed by atoms with Crippen LogP contribution in [0.15, 0.2) is 6.07 Å². The lowest BCUT2D eigenvalue weighted by Crippen LogP contribution is -2.40. The molecule has 0 bridgehead atoms. The second-order valence-corrected chi connectivity index (χ2v) is 6.33. The van der Waals surface area contributed by atoms with Gasteiger partial charge in [0.1, 0.15) is 11.6 Å². The van der Waals surface area contributed by atoms with Crippen molar-refractivity contribution in [2.24, 2.45) is 11.7 Å². The third-order valence-corrected chi connectivity index (χ3v) is 4.78. The Hall–Kier alpha value is -1.49. The smallest absolute Gasteiger partial charge is 0.164 e. The van der Waals surface area contributed by atoms with E-state index in [0.717, 1.165) is 41.7 Å². The molecule has 2 aromatic heterocycles. The van der Waals surface area contributed by atoms with Crippen LogP contribution in [0.5, 0.6) is 0 Å². The van der Waals surface area contributed by atoms with Gasteiger partial charge in [-0.05, 0) is 45.4 Å². The number of hydrogen-bond donors (Lipinski definition) is 1. The summed E-state index contributed by atoms with van der Waals surface area (Å²) in [5.41, 5.74) is 7.98. The van der Waals surface area contributed by atoms with Crippen molar-refractivity contribution in [1.82, 2.24) is 19.6 Å². The van der Waals surface area contributed by atoms with Crippen molar-refractivity contribution in [2.75, 3.05) is 6.54 Å². The van der Waals surface area contributed by atoms with Crippen LogP contribution in [0.4, 0.5) is 0 Å². The first-order valence-electron chi connectivity index (χ1n) is 7.46. The Morgan fingerprint density at radius 1 is 1.30 bits per heavy atom. The second kappa shape index (κ2) is 4.81. The quantitative estimate of drug-likeness (QED) is 0.910. The number of aromatic nitrogens is 4. The molecule has 0 spiro atoms. The van der Waals surface area contributed by atoms with Gasteiger partial charge in [-0.1, -0.05) is 6.92 Å². The molecule has 5 nitrogen and oxygen atoms in total. The summed E-state index contributed by atoms with van der Waals surface area (Å²) in [5, 5.41) is 8.83. The zero-order chi connectivity index (χ0) is 14.3. The van der Waals surface area contributed by atoms with Crippen LogP contribution < -0.4 is 5.73 Å². The molecule has 1 fully saturated rings. The zero-order valence-electron chi connectivity index (χ0n) is 12.6. The van der Waals surface area contributed by atoms with Gasteiger partial charge in [-0.3, -0.25) is 4.40 Å². The molecule has 1 saturated carbocycles. The third-order valence-electron chi connectivity index (χ3n) is 4.78. The van der Waals surface area contributed by atoms with Gasteiger partial charge < -0.3 is 5.73 Å². The zero-order valence-corrected chi connectivity index (χ0v) is 12.6. The number of nitrogens with two attached hydrogens (primary N) is 1. The first-order chi connectivity index (χ1) is 9.55. The lowest BCUT2D eigenvalue weighted by atomic mass is 9.70. The lowest BCUT2D eigenvalue weighted by Gasteiger charge is -2.37. The molecule has 20 heavy (non-hydrogen) atoms. The summed E-state index contributed by atoms with van der Waals surface area (Å²) in [6.07, 6.45) is 4.62. The number of aryl methyl sites for hydroxylation is 2. The standard InChI is InChI=1S/C15H23N5/c1-10-4-6-15(9-16,7-5-10)14-19-18-13-8-11(2)17-12(3)20(13)14/h8,10H,4-7,9,16H2,1-3H3. The van der Waals surface area contributed by atoms with E-state index in [-0.39, 0.29) is 5.41 Å². The summed E-state index contributed by atoms with van der Waals surface area (Å²) in [5.74, 6) is 2.74. The maximum absolute atomic E-state index is 6.14. The number of hydrogen-bond acceptors (Lipinski definition) is 4. The second-order valence-electron chi connectivity index (χ2n) is 6.33. The van der Waals surface area contributed by atoms with Crippen LogP contribution in [0.25, 0.3) is 5.65 Å². The molecule has 1 aliphatic carbocycles. The van der Waals surface area contributed by atoms with E-state index >= 15 is 0 Å². The maximum Gasteiger partial charge on any atom is 0.164 e. The van der Waals surface area contributed by atoms with Gasteiger partial charge in [0, 0.05) is 23.7 Å². The van der Waals surface area contributed by atoms with Gasteiger partial charge in [0.05, 0.1) is 0 Å². The Morgan fingerprint density at radius 3 is 2.65 bits per heavy atom. The van der Waals surface area contributed by atoms with E-state index in [4.69, 9.17) is 5.73 Å². The fraction of sp³-hybridized carbons (Fsp3) is 0.667. The molecule has 3 rings (SSSR count). The first kappa shape index (κ1) is 13.5. The van der Waals surface area contributed by atoms with Crippen LogP contribution in [0.2, 0.25) is 0 Å². The SMILES string of the molecule is Cc1cc2nnc(C3(CN)CCC(C)CC3)n2c(C)n1. The molecule has 108 valence electrons. The van der Waals surface area contributed by atoms with E-state index in [9.17, 15) is 0 Å². The summed E-state index contributed by atoms with van der Waals surface area (Å²) in [6.45, 7) is 6.96. The fourth-order valence-electron chi connectivity index (χ4n) is 3.41. The molecule has 0 radical (unpaired) electrons. The van der Waals surface area contributed by atoms with Gasteiger partial charge in [0.15, 0.2) is 5.65 Å². The van der Waals surface area contributed by atoms with Crippen LogP contribution in [0, 0.1) is 19.8 Å². The number of rotatable bonds is 2. The van der Waals surface area contributed by atoms with Crippen molar-refractivity contribution in [3.8, 4) is 0 Å². The Balaban J connectivity index is 2.13. The van der Waals surface area contributed by atoms with Crippen LogP contribution in [0.3, 0.4) is 0 Å². The molecule has 0 aromatic carbocycles. The highest BCUT2D eigenvalue weighted by Gasteiger charge is 2.39. The molecule has 0 saturated heterocycles. The van der Waals surface area contributed by atoms with Crippen molar-refractivity contribution in [3.05, 3.63) is 23.4 Å². The average molecular weight is 273 g/mol. The van der Waals surface area contributed by atoms with Crippen LogP contribution >= 0.6 is 0 Å². The van der Waals surface area contributed by atoms with Gasteiger partial charge in [-0.15, -0.1) is 10.2 Å². The maximum atomic E-state index is 6.14. The monoisotopic (exact) mass is 273 g/mol. The van der Waals surface area contributed by atoms with E-state index in [1.54, 1.807) is 0 Å². The Labute approximate surface area is 119 Å². The highest BCUT2D eigenvalue weighted by molar-refractivity contribution is 5.41. The summed E-state index contributed by atoms with van der Waals surface area (Å²) in [7, 11) is 0. The predicted octanol–water partition coefficient (Wildman–Crippen LogP) is 2.15. The summed E-state index contributed by atoms with van der Waals surface area (Å²) in [4.78, 5) is 4.55. The lowest BCUT2D eigenvalue weighted by molar-refractivity contribution is 0.235. The van der Waals surface area contributed by atoms with Gasteiger partial charge in [-0.2, -0.15) is 0 Å². The van der Waals surface area contributed by atoms with E-state index < -0.39 is 0 Å². The molecular weight excluding hydrogens is 250 g/mol. The minimum absolute atomic E-state index is 0.0341. The predicted molar refractivity (Wildman–Crippen MR) is 78.6 cm³/mol. The Kier molecular flexibility index (Phi) is 3.24. The Morgan fingerprint density at radius 2 is 2.00 bits per heavy atom. The van der Waals surface area contributed by atoms with Crippen LogP contribution in [-0.4, -0.2) is 26.1 Å². The molecule has 0 amide bonds. The fourth-order valence-corrected chi connectivity index (χ4v) is 3.41. The largest absolute Gasteiger partial charge is 0.329 e. The van der Waals surface area contributed by atoms with Crippen LogP contribution in [0.1, 0.15) is 49.9 Å². The molecule has 2 N–H and O–H groups in total.